The summed E-state index contributed by atoms with van der Waals surface area (Å²) in [4.78, 5) is 0.0696. The number of hydrogen-bond acceptors (Lipinski definition) is 3. The number of sulfonamides is 1. The molecule has 1 unspecified atom stereocenters. The Hall–Kier alpha value is -0.980. The van der Waals surface area contributed by atoms with Crippen molar-refractivity contribution in [3.05, 3.63) is 29.6 Å². The molecular formula is C15H23FN2O2S. The van der Waals surface area contributed by atoms with Crippen LogP contribution in [0.2, 0.25) is 0 Å². The van der Waals surface area contributed by atoms with Crippen molar-refractivity contribution in [1.29, 1.82) is 0 Å². The number of piperidine rings is 1. The molecule has 21 heavy (non-hydrogen) atoms. The molecule has 1 aliphatic rings. The normalized spacial score (nSPS) is 19.9. The highest BCUT2D eigenvalue weighted by Crippen LogP contribution is 2.22. The fourth-order valence-electron chi connectivity index (χ4n) is 2.71. The lowest BCUT2D eigenvalue weighted by Gasteiger charge is -2.29. The first-order chi connectivity index (χ1) is 9.95. The van der Waals surface area contributed by atoms with Gasteiger partial charge in [0, 0.05) is 19.1 Å². The third-order valence-corrected chi connectivity index (χ3v) is 6.04. The number of nitrogens with zero attached hydrogens (tertiary/aromatic N) is 1. The van der Waals surface area contributed by atoms with Crippen molar-refractivity contribution >= 4 is 10.0 Å². The Labute approximate surface area is 126 Å². The van der Waals surface area contributed by atoms with Gasteiger partial charge in [0.15, 0.2) is 0 Å². The molecule has 0 aromatic heterocycles. The first kappa shape index (κ1) is 16.4. The summed E-state index contributed by atoms with van der Waals surface area (Å²) < 4.78 is 40.3. The number of likely N-dealkylation sites (N-methyl/N-ethyl adjacent to an activating group) is 1. The minimum absolute atomic E-state index is 0.0696. The van der Waals surface area contributed by atoms with Crippen LogP contribution in [0.4, 0.5) is 4.39 Å². The van der Waals surface area contributed by atoms with Crippen molar-refractivity contribution in [3.63, 3.8) is 0 Å². The van der Waals surface area contributed by atoms with Gasteiger partial charge in [0.2, 0.25) is 10.0 Å². The van der Waals surface area contributed by atoms with E-state index >= 15 is 0 Å². The largest absolute Gasteiger partial charge is 0.313 e. The minimum Gasteiger partial charge on any atom is -0.313 e. The summed E-state index contributed by atoms with van der Waals surface area (Å²) in [5.74, 6) is -0.522. The van der Waals surface area contributed by atoms with Crippen molar-refractivity contribution in [2.24, 2.45) is 0 Å². The Morgan fingerprint density at radius 1 is 1.38 bits per heavy atom. The van der Waals surface area contributed by atoms with Crippen LogP contribution in [-0.2, 0) is 10.0 Å². The zero-order valence-corrected chi connectivity index (χ0v) is 13.4. The van der Waals surface area contributed by atoms with Crippen LogP contribution in [0.3, 0.4) is 0 Å². The monoisotopic (exact) mass is 314 g/mol. The molecule has 0 bridgehead atoms. The Bertz CT molecular complexity index is 583. The van der Waals surface area contributed by atoms with Gasteiger partial charge in [-0.2, -0.15) is 4.31 Å². The summed E-state index contributed by atoms with van der Waals surface area (Å²) in [5.41, 5.74) is 0.575. The quantitative estimate of drug-likeness (QED) is 0.907. The third kappa shape index (κ3) is 3.81. The molecule has 1 saturated heterocycles. The average molecular weight is 314 g/mol. The third-order valence-electron chi connectivity index (χ3n) is 3.96. The molecule has 1 aromatic rings. The van der Waals surface area contributed by atoms with E-state index in [1.807, 2.05) is 6.92 Å². The second-order valence-electron chi connectivity index (χ2n) is 5.51. The van der Waals surface area contributed by atoms with E-state index in [4.69, 9.17) is 0 Å². The fraction of sp³-hybridized carbons (Fsp3) is 0.600. The molecule has 118 valence electrons. The summed E-state index contributed by atoms with van der Waals surface area (Å²) in [5, 5.41) is 3.35. The number of hydrogen-bond donors (Lipinski definition) is 1. The summed E-state index contributed by atoms with van der Waals surface area (Å²) in [7, 11) is -3.65. The van der Waals surface area contributed by atoms with Crippen LogP contribution in [0.5, 0.6) is 0 Å². The van der Waals surface area contributed by atoms with E-state index in [0.717, 1.165) is 31.9 Å². The van der Waals surface area contributed by atoms with Gasteiger partial charge in [0.25, 0.3) is 0 Å². The second-order valence-corrected chi connectivity index (χ2v) is 7.42. The van der Waals surface area contributed by atoms with E-state index < -0.39 is 15.8 Å². The Morgan fingerprint density at radius 2 is 2.14 bits per heavy atom. The van der Waals surface area contributed by atoms with Crippen LogP contribution in [0.25, 0.3) is 0 Å². The number of rotatable bonds is 5. The molecule has 0 spiro atoms. The molecule has 1 aliphatic heterocycles. The highest BCUT2D eigenvalue weighted by Gasteiger charge is 2.28. The van der Waals surface area contributed by atoms with Crippen molar-refractivity contribution in [1.82, 2.24) is 9.62 Å². The van der Waals surface area contributed by atoms with Crippen LogP contribution < -0.4 is 5.32 Å². The van der Waals surface area contributed by atoms with Crippen LogP contribution in [0, 0.1) is 12.7 Å². The molecule has 1 heterocycles. The molecule has 2 rings (SSSR count). The van der Waals surface area contributed by atoms with Crippen molar-refractivity contribution in [3.8, 4) is 0 Å². The number of aryl methyl sites for hydroxylation is 1. The first-order valence-corrected chi connectivity index (χ1v) is 8.89. The Morgan fingerprint density at radius 3 is 2.76 bits per heavy atom. The van der Waals surface area contributed by atoms with Gasteiger partial charge in [-0.15, -0.1) is 0 Å². The van der Waals surface area contributed by atoms with Crippen LogP contribution >= 0.6 is 0 Å². The fourth-order valence-corrected chi connectivity index (χ4v) is 4.44. The van der Waals surface area contributed by atoms with Gasteiger partial charge in [-0.1, -0.05) is 19.4 Å². The molecular weight excluding hydrogens is 291 g/mol. The van der Waals surface area contributed by atoms with Crippen LogP contribution in [-0.4, -0.2) is 38.4 Å². The standard InChI is InChI=1S/C15H23FN2O2S/c1-3-18(11-14-6-4-5-9-17-14)21(19,20)15-10-13(16)8-7-12(15)2/h7-8,10,14,17H,3-6,9,11H2,1-2H3. The minimum atomic E-state index is -3.65. The highest BCUT2D eigenvalue weighted by atomic mass is 32.2. The average Bonchev–Trinajstić information content (AvgIpc) is 2.48. The molecule has 1 N–H and O–H groups in total. The summed E-state index contributed by atoms with van der Waals surface area (Å²) >= 11 is 0. The molecule has 0 amide bonds. The molecule has 1 aromatic carbocycles. The van der Waals surface area contributed by atoms with Gasteiger partial charge in [-0.25, -0.2) is 12.8 Å². The van der Waals surface area contributed by atoms with Crippen LogP contribution in [0.1, 0.15) is 31.7 Å². The Kier molecular flexibility index (Phi) is 5.35. The van der Waals surface area contributed by atoms with Crippen molar-refractivity contribution < 1.29 is 12.8 Å². The zero-order valence-electron chi connectivity index (χ0n) is 12.6. The predicted octanol–water partition coefficient (Wildman–Crippen LogP) is 2.29. The highest BCUT2D eigenvalue weighted by molar-refractivity contribution is 7.89. The van der Waals surface area contributed by atoms with E-state index in [1.165, 1.54) is 16.4 Å². The lowest BCUT2D eigenvalue weighted by atomic mass is 10.1. The van der Waals surface area contributed by atoms with E-state index in [-0.39, 0.29) is 10.9 Å². The molecule has 0 saturated carbocycles. The van der Waals surface area contributed by atoms with Gasteiger partial charge in [0.1, 0.15) is 5.82 Å². The van der Waals surface area contributed by atoms with E-state index in [2.05, 4.69) is 5.32 Å². The van der Waals surface area contributed by atoms with E-state index in [0.29, 0.717) is 18.7 Å². The lowest BCUT2D eigenvalue weighted by molar-refractivity contribution is 0.319. The van der Waals surface area contributed by atoms with Gasteiger partial charge in [-0.3, -0.25) is 0 Å². The number of benzene rings is 1. The second kappa shape index (κ2) is 6.85. The van der Waals surface area contributed by atoms with Gasteiger partial charge < -0.3 is 5.32 Å². The number of halogens is 1. The van der Waals surface area contributed by atoms with Gasteiger partial charge in [-0.05, 0) is 44.0 Å². The summed E-state index contributed by atoms with van der Waals surface area (Å²) in [6.45, 7) is 5.26. The van der Waals surface area contributed by atoms with E-state index in [1.54, 1.807) is 6.92 Å². The molecule has 6 heteroatoms. The van der Waals surface area contributed by atoms with E-state index in [9.17, 15) is 12.8 Å². The predicted molar refractivity (Wildman–Crippen MR) is 81.2 cm³/mol. The summed E-state index contributed by atoms with van der Waals surface area (Å²) in [6.07, 6.45) is 3.24. The molecule has 1 atom stereocenters. The van der Waals surface area contributed by atoms with Crippen LogP contribution in [0.15, 0.2) is 23.1 Å². The topological polar surface area (TPSA) is 49.4 Å². The number of nitrogens with one attached hydrogen (secondary N) is 1. The maximum atomic E-state index is 13.4. The maximum Gasteiger partial charge on any atom is 0.243 e. The first-order valence-electron chi connectivity index (χ1n) is 7.45. The molecule has 4 nitrogen and oxygen atoms in total. The zero-order chi connectivity index (χ0) is 15.5. The molecule has 1 fully saturated rings. The maximum absolute atomic E-state index is 13.4. The molecule has 0 aliphatic carbocycles. The van der Waals surface area contributed by atoms with Gasteiger partial charge >= 0.3 is 0 Å². The van der Waals surface area contributed by atoms with Crippen molar-refractivity contribution in [2.45, 2.75) is 44.0 Å². The SMILES string of the molecule is CCN(CC1CCCCN1)S(=O)(=O)c1cc(F)ccc1C. The lowest BCUT2D eigenvalue weighted by Crippen LogP contribution is -2.45. The Balaban J connectivity index is 2.24. The van der Waals surface area contributed by atoms with Crippen molar-refractivity contribution in [2.75, 3.05) is 19.6 Å². The van der Waals surface area contributed by atoms with Gasteiger partial charge in [0.05, 0.1) is 4.90 Å². The summed E-state index contributed by atoms with van der Waals surface area (Å²) in [6, 6.07) is 4.09. The molecule has 0 radical (unpaired) electrons. The smallest absolute Gasteiger partial charge is 0.243 e.